The normalized spacial score (nSPS) is 33.7. The minimum Gasteiger partial charge on any atom is -0.480 e. The predicted molar refractivity (Wildman–Crippen MR) is 76.1 cm³/mol. The van der Waals surface area contributed by atoms with E-state index < -0.39 is 11.5 Å². The van der Waals surface area contributed by atoms with E-state index in [9.17, 15) is 9.90 Å². The standard InChI is InChI=1S/C14H25NO2S/c1-2-15-14(13(16)17)9-5-8-12(10-14)18-11-6-3-4-7-11/h11-12,15H,2-10H2,1H3,(H,16,17). The highest BCUT2D eigenvalue weighted by Gasteiger charge is 2.42. The highest BCUT2D eigenvalue weighted by molar-refractivity contribution is 8.00. The van der Waals surface area contributed by atoms with Crippen molar-refractivity contribution in [2.24, 2.45) is 0 Å². The zero-order chi connectivity index (χ0) is 13.0. The van der Waals surface area contributed by atoms with Crippen LogP contribution in [0.25, 0.3) is 0 Å². The number of thioether (sulfide) groups is 1. The second-order valence-electron chi connectivity index (χ2n) is 5.68. The molecule has 104 valence electrons. The van der Waals surface area contributed by atoms with Gasteiger partial charge in [-0.3, -0.25) is 4.79 Å². The quantitative estimate of drug-likeness (QED) is 0.807. The van der Waals surface area contributed by atoms with E-state index in [-0.39, 0.29) is 0 Å². The lowest BCUT2D eigenvalue weighted by Crippen LogP contribution is -2.55. The summed E-state index contributed by atoms with van der Waals surface area (Å²) in [5, 5.41) is 14.1. The fourth-order valence-electron chi connectivity index (χ4n) is 3.41. The molecule has 2 saturated carbocycles. The molecule has 0 amide bonds. The molecule has 2 aliphatic carbocycles. The van der Waals surface area contributed by atoms with Crippen LogP contribution in [0.2, 0.25) is 0 Å². The van der Waals surface area contributed by atoms with Crippen molar-refractivity contribution in [3.05, 3.63) is 0 Å². The van der Waals surface area contributed by atoms with Crippen LogP contribution < -0.4 is 5.32 Å². The SMILES string of the molecule is CCNC1(C(=O)O)CCCC(SC2CCCC2)C1. The number of hydrogen-bond acceptors (Lipinski definition) is 3. The van der Waals surface area contributed by atoms with Gasteiger partial charge in [0.2, 0.25) is 0 Å². The van der Waals surface area contributed by atoms with Crippen molar-refractivity contribution in [2.45, 2.75) is 74.3 Å². The van der Waals surface area contributed by atoms with Gasteiger partial charge in [0.15, 0.2) is 0 Å². The molecule has 2 N–H and O–H groups in total. The van der Waals surface area contributed by atoms with E-state index in [1.807, 2.05) is 6.92 Å². The van der Waals surface area contributed by atoms with Gasteiger partial charge in [-0.05, 0) is 45.1 Å². The molecule has 2 aliphatic rings. The minimum absolute atomic E-state index is 0.539. The number of rotatable bonds is 5. The minimum atomic E-state index is -0.652. The van der Waals surface area contributed by atoms with Gasteiger partial charge in [-0.25, -0.2) is 0 Å². The van der Waals surface area contributed by atoms with E-state index in [1.165, 1.54) is 32.1 Å². The first-order valence-corrected chi connectivity index (χ1v) is 8.24. The monoisotopic (exact) mass is 271 g/mol. The smallest absolute Gasteiger partial charge is 0.323 e. The fraction of sp³-hybridized carbons (Fsp3) is 0.929. The molecule has 0 aliphatic heterocycles. The fourth-order valence-corrected chi connectivity index (χ4v) is 5.24. The molecule has 3 nitrogen and oxygen atoms in total. The zero-order valence-electron chi connectivity index (χ0n) is 11.3. The van der Waals surface area contributed by atoms with Crippen molar-refractivity contribution >= 4 is 17.7 Å². The number of carboxylic acid groups (broad SMARTS) is 1. The van der Waals surface area contributed by atoms with Crippen molar-refractivity contribution in [3.63, 3.8) is 0 Å². The Morgan fingerprint density at radius 1 is 1.28 bits per heavy atom. The molecule has 2 rings (SSSR count). The van der Waals surface area contributed by atoms with Crippen LogP contribution >= 0.6 is 11.8 Å². The first-order chi connectivity index (χ1) is 8.66. The summed E-state index contributed by atoms with van der Waals surface area (Å²) in [6.07, 6.45) is 9.23. The van der Waals surface area contributed by atoms with Crippen molar-refractivity contribution in [2.75, 3.05) is 6.54 Å². The van der Waals surface area contributed by atoms with Crippen molar-refractivity contribution in [1.82, 2.24) is 5.32 Å². The number of carboxylic acids is 1. The van der Waals surface area contributed by atoms with Crippen molar-refractivity contribution in [3.8, 4) is 0 Å². The molecule has 4 heteroatoms. The number of likely N-dealkylation sites (N-methyl/N-ethyl adjacent to an activating group) is 1. The van der Waals surface area contributed by atoms with Crippen LogP contribution in [0.4, 0.5) is 0 Å². The third kappa shape index (κ3) is 3.21. The first kappa shape index (κ1) is 14.2. The van der Waals surface area contributed by atoms with E-state index in [2.05, 4.69) is 17.1 Å². The molecular formula is C14H25NO2S. The summed E-state index contributed by atoms with van der Waals surface area (Å²) in [7, 11) is 0. The number of aliphatic carboxylic acids is 1. The molecule has 0 aromatic heterocycles. The Morgan fingerprint density at radius 2 is 1.94 bits per heavy atom. The van der Waals surface area contributed by atoms with E-state index in [4.69, 9.17) is 0 Å². The molecule has 2 atom stereocenters. The number of hydrogen-bond donors (Lipinski definition) is 2. The summed E-state index contributed by atoms with van der Waals surface area (Å²) in [6.45, 7) is 2.74. The maximum atomic E-state index is 11.6. The van der Waals surface area contributed by atoms with E-state index in [0.717, 1.165) is 31.1 Å². The van der Waals surface area contributed by atoms with Crippen LogP contribution in [-0.4, -0.2) is 33.7 Å². The van der Waals surface area contributed by atoms with Gasteiger partial charge >= 0.3 is 5.97 Å². The lowest BCUT2D eigenvalue weighted by atomic mass is 9.81. The molecule has 2 fully saturated rings. The largest absolute Gasteiger partial charge is 0.480 e. The van der Waals surface area contributed by atoms with Crippen LogP contribution in [0.1, 0.15) is 58.3 Å². The topological polar surface area (TPSA) is 49.3 Å². The first-order valence-electron chi connectivity index (χ1n) is 7.30. The predicted octanol–water partition coefficient (Wildman–Crippen LogP) is 3.04. The number of nitrogens with one attached hydrogen (secondary N) is 1. The molecule has 0 aromatic carbocycles. The van der Waals surface area contributed by atoms with Gasteiger partial charge in [0.05, 0.1) is 0 Å². The van der Waals surface area contributed by atoms with Gasteiger partial charge in [-0.1, -0.05) is 19.8 Å². The Balaban J connectivity index is 1.94. The molecule has 0 bridgehead atoms. The summed E-state index contributed by atoms with van der Waals surface area (Å²) in [6, 6.07) is 0. The maximum Gasteiger partial charge on any atom is 0.323 e. The van der Waals surface area contributed by atoms with Gasteiger partial charge in [-0.15, -0.1) is 0 Å². The summed E-state index contributed by atoms with van der Waals surface area (Å²) in [5.74, 6) is -0.652. The third-order valence-corrected chi connectivity index (χ3v) is 5.96. The van der Waals surface area contributed by atoms with E-state index >= 15 is 0 Å². The molecule has 0 heterocycles. The zero-order valence-corrected chi connectivity index (χ0v) is 12.1. The highest BCUT2D eigenvalue weighted by atomic mass is 32.2. The van der Waals surface area contributed by atoms with Crippen molar-refractivity contribution < 1.29 is 9.90 Å². The Kier molecular flexibility index (Phi) is 4.96. The highest BCUT2D eigenvalue weighted by Crippen LogP contribution is 2.41. The average molecular weight is 271 g/mol. The molecule has 2 unspecified atom stereocenters. The molecule has 18 heavy (non-hydrogen) atoms. The molecule has 0 aromatic rings. The van der Waals surface area contributed by atoms with E-state index in [0.29, 0.717) is 5.25 Å². The van der Waals surface area contributed by atoms with Crippen LogP contribution in [0, 0.1) is 0 Å². The summed E-state index contributed by atoms with van der Waals surface area (Å²) in [4.78, 5) is 11.6. The van der Waals surface area contributed by atoms with Crippen molar-refractivity contribution in [1.29, 1.82) is 0 Å². The number of carbonyl (C=O) groups is 1. The second-order valence-corrected chi connectivity index (χ2v) is 7.28. The summed E-state index contributed by atoms with van der Waals surface area (Å²) < 4.78 is 0. The molecule has 0 radical (unpaired) electrons. The van der Waals surface area contributed by atoms with Crippen LogP contribution in [0.5, 0.6) is 0 Å². The van der Waals surface area contributed by atoms with Crippen LogP contribution in [-0.2, 0) is 4.79 Å². The van der Waals surface area contributed by atoms with Crippen LogP contribution in [0.3, 0.4) is 0 Å². The molecule has 0 spiro atoms. The van der Waals surface area contributed by atoms with Gasteiger partial charge in [0, 0.05) is 10.5 Å². The lowest BCUT2D eigenvalue weighted by Gasteiger charge is -2.38. The van der Waals surface area contributed by atoms with Gasteiger partial charge < -0.3 is 10.4 Å². The summed E-state index contributed by atoms with van der Waals surface area (Å²) >= 11 is 2.07. The van der Waals surface area contributed by atoms with E-state index in [1.54, 1.807) is 0 Å². The van der Waals surface area contributed by atoms with Gasteiger partial charge in [-0.2, -0.15) is 11.8 Å². The van der Waals surface area contributed by atoms with Crippen LogP contribution in [0.15, 0.2) is 0 Å². The average Bonchev–Trinajstić information content (AvgIpc) is 2.82. The second kappa shape index (κ2) is 6.29. The Morgan fingerprint density at radius 3 is 2.56 bits per heavy atom. The third-order valence-electron chi connectivity index (χ3n) is 4.32. The summed E-state index contributed by atoms with van der Waals surface area (Å²) in [5.41, 5.74) is -0.650. The van der Waals surface area contributed by atoms with Gasteiger partial charge in [0.1, 0.15) is 5.54 Å². The Labute approximate surface area is 114 Å². The Hall–Kier alpha value is -0.220. The maximum absolute atomic E-state index is 11.6. The molecular weight excluding hydrogens is 246 g/mol. The Bertz CT molecular complexity index is 288. The van der Waals surface area contributed by atoms with Gasteiger partial charge in [0.25, 0.3) is 0 Å². The lowest BCUT2D eigenvalue weighted by molar-refractivity contribution is -0.146. The molecule has 0 saturated heterocycles.